The number of hydrogen-bond acceptors (Lipinski definition) is 9. The second-order valence-electron chi connectivity index (χ2n) is 8.17. The molecule has 11 nitrogen and oxygen atoms in total. The standard InChI is InChI=1S/C27H30N2O9S/c1-35-23-11-9-18(15-22(23)29-27(32)37-3)13-14-28-25(31)16-19-10-12-24(36-2)26(21(19)17-30)38-39(33,34)20-7-5-4-6-8-20/h4-12,15,30H,13-14,16-17H2,1-3H3,(H,28,31)(H,29,32). The number of amides is 2. The van der Waals surface area contributed by atoms with Gasteiger partial charge in [0.1, 0.15) is 10.6 Å². The predicted octanol–water partition coefficient (Wildman–Crippen LogP) is 3.04. The van der Waals surface area contributed by atoms with Crippen LogP contribution in [0.4, 0.5) is 10.5 Å². The number of carbonyl (C=O) groups excluding carboxylic acids is 2. The molecule has 0 bridgehead atoms. The second-order valence-corrected chi connectivity index (χ2v) is 9.72. The summed E-state index contributed by atoms with van der Waals surface area (Å²) < 4.78 is 46.1. The fourth-order valence-corrected chi connectivity index (χ4v) is 4.72. The molecule has 3 N–H and O–H groups in total. The summed E-state index contributed by atoms with van der Waals surface area (Å²) in [5, 5.41) is 15.4. The molecule has 3 rings (SSSR count). The molecule has 0 heterocycles. The minimum atomic E-state index is -4.22. The van der Waals surface area contributed by atoms with Gasteiger partial charge in [0.15, 0.2) is 11.5 Å². The lowest BCUT2D eigenvalue weighted by molar-refractivity contribution is -0.120. The van der Waals surface area contributed by atoms with E-state index in [2.05, 4.69) is 15.4 Å². The Morgan fingerprint density at radius 1 is 0.923 bits per heavy atom. The van der Waals surface area contributed by atoms with Crippen LogP contribution < -0.4 is 24.3 Å². The Morgan fingerprint density at radius 2 is 1.62 bits per heavy atom. The van der Waals surface area contributed by atoms with Gasteiger partial charge in [0, 0.05) is 12.1 Å². The molecule has 0 unspecified atom stereocenters. The van der Waals surface area contributed by atoms with Crippen molar-refractivity contribution in [1.29, 1.82) is 0 Å². The van der Waals surface area contributed by atoms with Crippen molar-refractivity contribution < 1.29 is 41.5 Å². The zero-order valence-corrected chi connectivity index (χ0v) is 22.5. The molecule has 0 aliphatic rings. The van der Waals surface area contributed by atoms with Crippen LogP contribution in [0.2, 0.25) is 0 Å². The van der Waals surface area contributed by atoms with Crippen molar-refractivity contribution in [2.75, 3.05) is 33.2 Å². The molecule has 2 amide bonds. The number of nitrogens with one attached hydrogen (secondary N) is 2. The van der Waals surface area contributed by atoms with Crippen LogP contribution in [0.3, 0.4) is 0 Å². The van der Waals surface area contributed by atoms with Crippen molar-refractivity contribution in [3.8, 4) is 17.2 Å². The van der Waals surface area contributed by atoms with E-state index in [1.54, 1.807) is 42.5 Å². The first kappa shape index (κ1) is 29.3. The van der Waals surface area contributed by atoms with Crippen LogP contribution >= 0.6 is 0 Å². The molecule has 0 saturated heterocycles. The quantitative estimate of drug-likeness (QED) is 0.285. The molecule has 0 fully saturated rings. The fourth-order valence-electron chi connectivity index (χ4n) is 3.73. The normalized spacial score (nSPS) is 10.9. The Bertz CT molecular complexity index is 1410. The Morgan fingerprint density at radius 3 is 2.26 bits per heavy atom. The van der Waals surface area contributed by atoms with Crippen LogP contribution in [0.5, 0.6) is 17.2 Å². The summed E-state index contributed by atoms with van der Waals surface area (Å²) in [6.07, 6.45) is -0.331. The number of ether oxygens (including phenoxy) is 3. The fraction of sp³-hybridized carbons (Fsp3) is 0.259. The molecule has 0 radical (unpaired) electrons. The van der Waals surface area contributed by atoms with Crippen LogP contribution in [0.1, 0.15) is 16.7 Å². The smallest absolute Gasteiger partial charge is 0.411 e. The van der Waals surface area contributed by atoms with Crippen molar-refractivity contribution in [3.63, 3.8) is 0 Å². The number of hydrogen-bond donors (Lipinski definition) is 3. The maximum absolute atomic E-state index is 12.8. The van der Waals surface area contributed by atoms with Gasteiger partial charge in [-0.15, -0.1) is 0 Å². The molecule has 0 atom stereocenters. The zero-order valence-electron chi connectivity index (χ0n) is 21.7. The highest BCUT2D eigenvalue weighted by molar-refractivity contribution is 7.87. The topological polar surface area (TPSA) is 149 Å². The third-order valence-electron chi connectivity index (χ3n) is 5.70. The number of methoxy groups -OCH3 is 3. The number of aliphatic hydroxyl groups is 1. The van der Waals surface area contributed by atoms with Crippen molar-refractivity contribution in [1.82, 2.24) is 5.32 Å². The monoisotopic (exact) mass is 558 g/mol. The zero-order chi connectivity index (χ0) is 28.4. The van der Waals surface area contributed by atoms with E-state index in [0.717, 1.165) is 5.56 Å². The van der Waals surface area contributed by atoms with E-state index < -0.39 is 22.8 Å². The number of aliphatic hydroxyl groups excluding tert-OH is 1. The third-order valence-corrected chi connectivity index (χ3v) is 6.93. The van der Waals surface area contributed by atoms with Gasteiger partial charge in [-0.05, 0) is 47.9 Å². The number of benzene rings is 3. The first-order chi connectivity index (χ1) is 18.7. The molecule has 0 aliphatic carbocycles. The van der Waals surface area contributed by atoms with Crippen LogP contribution in [-0.4, -0.2) is 53.4 Å². The first-order valence-electron chi connectivity index (χ1n) is 11.8. The highest BCUT2D eigenvalue weighted by atomic mass is 32.2. The van der Waals surface area contributed by atoms with E-state index in [4.69, 9.17) is 13.7 Å². The number of rotatable bonds is 12. The van der Waals surface area contributed by atoms with Crippen molar-refractivity contribution in [2.24, 2.45) is 0 Å². The van der Waals surface area contributed by atoms with Gasteiger partial charge in [-0.1, -0.05) is 30.3 Å². The Balaban J connectivity index is 1.71. The average molecular weight is 559 g/mol. The predicted molar refractivity (Wildman–Crippen MR) is 143 cm³/mol. The van der Waals surface area contributed by atoms with E-state index in [-0.39, 0.29) is 40.8 Å². The van der Waals surface area contributed by atoms with Gasteiger partial charge in [0.05, 0.1) is 40.0 Å². The van der Waals surface area contributed by atoms with Gasteiger partial charge >= 0.3 is 16.2 Å². The highest BCUT2D eigenvalue weighted by Crippen LogP contribution is 2.36. The largest absolute Gasteiger partial charge is 0.495 e. The highest BCUT2D eigenvalue weighted by Gasteiger charge is 2.24. The summed E-state index contributed by atoms with van der Waals surface area (Å²) in [5.41, 5.74) is 1.75. The van der Waals surface area contributed by atoms with Gasteiger partial charge in [-0.25, -0.2) is 4.79 Å². The number of anilines is 1. The van der Waals surface area contributed by atoms with Crippen LogP contribution in [0.15, 0.2) is 65.6 Å². The van der Waals surface area contributed by atoms with E-state index in [0.29, 0.717) is 23.4 Å². The van der Waals surface area contributed by atoms with Crippen LogP contribution in [0.25, 0.3) is 0 Å². The van der Waals surface area contributed by atoms with E-state index in [9.17, 15) is 23.1 Å². The molecule has 0 aliphatic heterocycles. The lowest BCUT2D eigenvalue weighted by atomic mass is 10.0. The minimum Gasteiger partial charge on any atom is -0.495 e. The lowest BCUT2D eigenvalue weighted by Crippen LogP contribution is -2.27. The van der Waals surface area contributed by atoms with Gasteiger partial charge in [-0.3, -0.25) is 10.1 Å². The van der Waals surface area contributed by atoms with Crippen molar-refractivity contribution >= 4 is 27.8 Å². The average Bonchev–Trinajstić information content (AvgIpc) is 2.93. The van der Waals surface area contributed by atoms with Crippen LogP contribution in [-0.2, 0) is 39.1 Å². The summed E-state index contributed by atoms with van der Waals surface area (Å²) >= 11 is 0. The summed E-state index contributed by atoms with van der Waals surface area (Å²) in [7, 11) is -0.147. The maximum Gasteiger partial charge on any atom is 0.411 e. The van der Waals surface area contributed by atoms with E-state index >= 15 is 0 Å². The summed E-state index contributed by atoms with van der Waals surface area (Å²) in [4.78, 5) is 24.2. The van der Waals surface area contributed by atoms with E-state index in [1.165, 1.54) is 39.5 Å². The molecule has 12 heteroatoms. The molecule has 39 heavy (non-hydrogen) atoms. The van der Waals surface area contributed by atoms with Gasteiger partial charge in [0.2, 0.25) is 5.91 Å². The lowest BCUT2D eigenvalue weighted by Gasteiger charge is -2.17. The molecule has 3 aromatic rings. The Kier molecular flexibility index (Phi) is 10.1. The molecule has 208 valence electrons. The molecular weight excluding hydrogens is 528 g/mol. The summed E-state index contributed by atoms with van der Waals surface area (Å²) in [6, 6.07) is 15.8. The molecule has 0 spiro atoms. The Labute approximate surface area is 226 Å². The molecular formula is C27H30N2O9S. The number of carbonyl (C=O) groups is 2. The minimum absolute atomic E-state index is 0.0671. The molecule has 3 aromatic carbocycles. The van der Waals surface area contributed by atoms with Crippen molar-refractivity contribution in [2.45, 2.75) is 24.3 Å². The van der Waals surface area contributed by atoms with Gasteiger partial charge < -0.3 is 28.8 Å². The first-order valence-corrected chi connectivity index (χ1v) is 13.2. The van der Waals surface area contributed by atoms with Crippen molar-refractivity contribution in [3.05, 3.63) is 77.4 Å². The van der Waals surface area contributed by atoms with E-state index in [1.807, 2.05) is 0 Å². The Hall–Kier alpha value is -4.29. The second kappa shape index (κ2) is 13.5. The maximum atomic E-state index is 12.8. The molecule has 0 saturated carbocycles. The summed E-state index contributed by atoms with van der Waals surface area (Å²) in [5.74, 6) is 0.0151. The SMILES string of the molecule is COC(=O)Nc1cc(CCNC(=O)Cc2ccc(OC)c(OS(=O)(=O)c3ccccc3)c2CO)ccc1OC. The molecule has 0 aromatic heterocycles. The van der Waals surface area contributed by atoms with Crippen LogP contribution in [0, 0.1) is 0 Å². The van der Waals surface area contributed by atoms with Gasteiger partial charge in [-0.2, -0.15) is 8.42 Å². The van der Waals surface area contributed by atoms with Gasteiger partial charge in [0.25, 0.3) is 0 Å². The third kappa shape index (κ3) is 7.62. The summed E-state index contributed by atoms with van der Waals surface area (Å²) in [6.45, 7) is -0.305.